The average molecular weight is 340 g/mol. The molecular formula is C20H28N4O. The van der Waals surface area contributed by atoms with Crippen LogP contribution in [0.5, 0.6) is 0 Å². The molecule has 0 saturated heterocycles. The molecule has 0 radical (unpaired) electrons. The van der Waals surface area contributed by atoms with Gasteiger partial charge in [-0.1, -0.05) is 45.0 Å². The highest BCUT2D eigenvalue weighted by molar-refractivity contribution is 5.92. The van der Waals surface area contributed by atoms with Crippen molar-refractivity contribution in [2.45, 2.75) is 52.6 Å². The maximum atomic E-state index is 12.8. The lowest BCUT2D eigenvalue weighted by molar-refractivity contribution is -0.118. The minimum atomic E-state index is 0.121. The molecule has 1 aromatic carbocycles. The Balaban J connectivity index is 1.73. The van der Waals surface area contributed by atoms with E-state index in [0.717, 1.165) is 36.3 Å². The number of carbonyl (C=O) groups is 1. The Hall–Kier alpha value is -2.14. The summed E-state index contributed by atoms with van der Waals surface area (Å²) in [5, 5.41) is 4.49. The molecule has 0 spiro atoms. The Morgan fingerprint density at radius 2 is 1.96 bits per heavy atom. The van der Waals surface area contributed by atoms with Gasteiger partial charge in [-0.25, -0.2) is 4.68 Å². The predicted octanol–water partition coefficient (Wildman–Crippen LogP) is 3.30. The monoisotopic (exact) mass is 340 g/mol. The number of anilines is 1. The van der Waals surface area contributed by atoms with Crippen molar-refractivity contribution in [2.24, 2.45) is 11.1 Å². The molecule has 0 saturated carbocycles. The fourth-order valence-corrected chi connectivity index (χ4v) is 3.68. The SMILES string of the molecule is CC(C)(C)C1CCN(C(=O)CCc2ccccc2CN)c2ccnn21. The van der Waals surface area contributed by atoms with Crippen LogP contribution in [0.25, 0.3) is 0 Å². The van der Waals surface area contributed by atoms with E-state index in [4.69, 9.17) is 5.73 Å². The molecule has 134 valence electrons. The van der Waals surface area contributed by atoms with Crippen LogP contribution < -0.4 is 10.6 Å². The second-order valence-corrected chi connectivity index (χ2v) is 7.82. The first kappa shape index (κ1) is 17.7. The van der Waals surface area contributed by atoms with Crippen LogP contribution in [0.2, 0.25) is 0 Å². The van der Waals surface area contributed by atoms with E-state index in [-0.39, 0.29) is 11.3 Å². The lowest BCUT2D eigenvalue weighted by Gasteiger charge is -2.39. The molecule has 25 heavy (non-hydrogen) atoms. The van der Waals surface area contributed by atoms with Crippen LogP contribution >= 0.6 is 0 Å². The Labute approximate surface area is 149 Å². The number of hydrogen-bond donors (Lipinski definition) is 1. The van der Waals surface area contributed by atoms with Gasteiger partial charge in [0.25, 0.3) is 0 Å². The standard InChI is InChI=1S/C20H28N4O/c1-20(2,3)17-11-13-23(18-10-12-22-24(17)18)19(25)9-8-15-6-4-5-7-16(15)14-21/h4-7,10,12,17H,8-9,11,13-14,21H2,1-3H3. The van der Waals surface area contributed by atoms with Crippen LogP contribution in [-0.2, 0) is 17.8 Å². The number of fused-ring (bicyclic) bond motifs is 1. The Morgan fingerprint density at radius 3 is 2.64 bits per heavy atom. The van der Waals surface area contributed by atoms with Crippen LogP contribution in [0.4, 0.5) is 5.82 Å². The smallest absolute Gasteiger partial charge is 0.228 e. The van der Waals surface area contributed by atoms with Crippen LogP contribution in [0.15, 0.2) is 36.5 Å². The number of carbonyl (C=O) groups excluding carboxylic acids is 1. The molecule has 3 rings (SSSR count). The first-order chi connectivity index (χ1) is 11.9. The number of amides is 1. The van der Waals surface area contributed by atoms with Crippen molar-refractivity contribution in [3.63, 3.8) is 0 Å². The Bertz CT molecular complexity index is 744. The van der Waals surface area contributed by atoms with Crippen molar-refractivity contribution in [1.82, 2.24) is 9.78 Å². The minimum Gasteiger partial charge on any atom is -0.326 e. The van der Waals surface area contributed by atoms with Gasteiger partial charge in [-0.2, -0.15) is 5.10 Å². The minimum absolute atomic E-state index is 0.121. The summed E-state index contributed by atoms with van der Waals surface area (Å²) in [7, 11) is 0. The van der Waals surface area contributed by atoms with Gasteiger partial charge < -0.3 is 5.73 Å². The predicted molar refractivity (Wildman–Crippen MR) is 100 cm³/mol. The summed E-state index contributed by atoms with van der Waals surface area (Å²) in [5.74, 6) is 1.07. The van der Waals surface area contributed by atoms with Gasteiger partial charge in [-0.3, -0.25) is 9.69 Å². The molecular weight excluding hydrogens is 312 g/mol. The molecule has 1 aliphatic rings. The Kier molecular flexibility index (Phi) is 4.95. The van der Waals surface area contributed by atoms with Gasteiger partial charge in [-0.05, 0) is 29.4 Å². The molecule has 1 aliphatic heterocycles. The van der Waals surface area contributed by atoms with E-state index in [1.807, 2.05) is 33.8 Å². The zero-order valence-electron chi connectivity index (χ0n) is 15.4. The fraction of sp³-hybridized carbons (Fsp3) is 0.500. The summed E-state index contributed by atoms with van der Waals surface area (Å²) in [6.45, 7) is 7.94. The molecule has 0 bridgehead atoms. The number of hydrogen-bond acceptors (Lipinski definition) is 3. The third-order valence-electron chi connectivity index (χ3n) is 5.09. The van der Waals surface area contributed by atoms with Gasteiger partial charge >= 0.3 is 0 Å². The van der Waals surface area contributed by atoms with Crippen molar-refractivity contribution in [1.29, 1.82) is 0 Å². The molecule has 2 N–H and O–H groups in total. The van der Waals surface area contributed by atoms with Crippen LogP contribution in [0.3, 0.4) is 0 Å². The number of nitrogens with zero attached hydrogens (tertiary/aromatic N) is 3. The molecule has 0 aliphatic carbocycles. The molecule has 1 aromatic heterocycles. The summed E-state index contributed by atoms with van der Waals surface area (Å²) >= 11 is 0. The highest BCUT2D eigenvalue weighted by atomic mass is 16.2. The average Bonchev–Trinajstić information content (AvgIpc) is 3.07. The lowest BCUT2D eigenvalue weighted by atomic mass is 9.84. The van der Waals surface area contributed by atoms with E-state index in [0.29, 0.717) is 19.0 Å². The third-order valence-corrected chi connectivity index (χ3v) is 5.09. The molecule has 5 nitrogen and oxygen atoms in total. The quantitative estimate of drug-likeness (QED) is 0.929. The van der Waals surface area contributed by atoms with Crippen LogP contribution in [-0.4, -0.2) is 22.2 Å². The zero-order valence-corrected chi connectivity index (χ0v) is 15.4. The van der Waals surface area contributed by atoms with Gasteiger partial charge in [0, 0.05) is 25.6 Å². The van der Waals surface area contributed by atoms with E-state index in [1.165, 1.54) is 0 Å². The van der Waals surface area contributed by atoms with E-state index in [1.54, 1.807) is 6.20 Å². The third kappa shape index (κ3) is 3.61. The topological polar surface area (TPSA) is 64.2 Å². The number of aryl methyl sites for hydroxylation is 1. The van der Waals surface area contributed by atoms with Gasteiger partial charge in [-0.15, -0.1) is 0 Å². The number of nitrogens with two attached hydrogens (primary N) is 1. The number of benzene rings is 1. The second-order valence-electron chi connectivity index (χ2n) is 7.82. The molecule has 1 unspecified atom stereocenters. The Morgan fingerprint density at radius 1 is 1.24 bits per heavy atom. The van der Waals surface area contributed by atoms with E-state index < -0.39 is 0 Å². The maximum Gasteiger partial charge on any atom is 0.228 e. The van der Waals surface area contributed by atoms with Gasteiger partial charge in [0.2, 0.25) is 5.91 Å². The van der Waals surface area contributed by atoms with Crippen molar-refractivity contribution in [3.8, 4) is 0 Å². The molecule has 1 amide bonds. The van der Waals surface area contributed by atoms with Gasteiger partial charge in [0.15, 0.2) is 0 Å². The van der Waals surface area contributed by atoms with E-state index in [9.17, 15) is 4.79 Å². The molecule has 2 heterocycles. The van der Waals surface area contributed by atoms with Crippen molar-refractivity contribution < 1.29 is 4.79 Å². The zero-order chi connectivity index (χ0) is 18.0. The number of rotatable bonds is 4. The number of aromatic nitrogens is 2. The molecule has 0 fully saturated rings. The summed E-state index contributed by atoms with van der Waals surface area (Å²) in [6.07, 6.45) is 3.94. The van der Waals surface area contributed by atoms with Gasteiger partial charge in [0.05, 0.1) is 12.2 Å². The first-order valence-electron chi connectivity index (χ1n) is 9.02. The maximum absolute atomic E-state index is 12.8. The van der Waals surface area contributed by atoms with Crippen LogP contribution in [0, 0.1) is 5.41 Å². The van der Waals surface area contributed by atoms with E-state index >= 15 is 0 Å². The van der Waals surface area contributed by atoms with E-state index in [2.05, 4.69) is 31.9 Å². The molecule has 2 aromatic rings. The second kappa shape index (κ2) is 7.00. The first-order valence-corrected chi connectivity index (χ1v) is 9.02. The lowest BCUT2D eigenvalue weighted by Crippen LogP contribution is -2.42. The van der Waals surface area contributed by atoms with Gasteiger partial charge in [0.1, 0.15) is 5.82 Å². The fourth-order valence-electron chi connectivity index (χ4n) is 3.68. The van der Waals surface area contributed by atoms with Crippen molar-refractivity contribution in [2.75, 3.05) is 11.4 Å². The summed E-state index contributed by atoms with van der Waals surface area (Å²) < 4.78 is 2.02. The summed E-state index contributed by atoms with van der Waals surface area (Å²) in [6, 6.07) is 10.4. The largest absolute Gasteiger partial charge is 0.326 e. The summed E-state index contributed by atoms with van der Waals surface area (Å²) in [5.41, 5.74) is 8.20. The van der Waals surface area contributed by atoms with Crippen LogP contribution in [0.1, 0.15) is 50.8 Å². The summed E-state index contributed by atoms with van der Waals surface area (Å²) in [4.78, 5) is 14.7. The highest BCUT2D eigenvalue weighted by Crippen LogP contribution is 2.39. The molecule has 1 atom stereocenters. The molecule has 5 heteroatoms. The van der Waals surface area contributed by atoms with Crippen molar-refractivity contribution >= 4 is 11.7 Å². The highest BCUT2D eigenvalue weighted by Gasteiger charge is 2.35. The normalized spacial score (nSPS) is 17.4. The van der Waals surface area contributed by atoms with Crippen molar-refractivity contribution in [3.05, 3.63) is 47.7 Å².